The maximum atomic E-state index is 14.7. The number of likely N-dealkylation sites (N-methyl/N-ethyl adjacent to an activating group) is 1. The average molecular weight is 636 g/mol. The van der Waals surface area contributed by atoms with E-state index < -0.39 is 47.7 Å². The minimum atomic E-state index is -1.29. The van der Waals surface area contributed by atoms with Crippen LogP contribution in [0.25, 0.3) is 0 Å². The Labute approximate surface area is 272 Å². The molecule has 3 amide bonds. The Morgan fingerprint density at radius 1 is 1.04 bits per heavy atom. The van der Waals surface area contributed by atoms with E-state index in [4.69, 9.17) is 9.47 Å². The molecule has 0 aliphatic carbocycles. The number of likely N-dealkylation sites (tertiary alicyclic amines) is 1. The Balaban J connectivity index is 1.58. The third kappa shape index (κ3) is 6.26. The van der Waals surface area contributed by atoms with E-state index in [1.54, 1.807) is 22.9 Å². The Kier molecular flexibility index (Phi) is 10.7. The fourth-order valence-corrected chi connectivity index (χ4v) is 7.66. The van der Waals surface area contributed by atoms with Gasteiger partial charge in [0.2, 0.25) is 17.7 Å². The Hall–Kier alpha value is -3.50. The van der Waals surface area contributed by atoms with Crippen LogP contribution < -0.4 is 0 Å². The second-order valence-electron chi connectivity index (χ2n) is 13.2. The molecule has 2 saturated heterocycles. The van der Waals surface area contributed by atoms with Crippen molar-refractivity contribution in [2.24, 2.45) is 11.8 Å². The molecule has 1 aromatic carbocycles. The first-order valence-electron chi connectivity index (χ1n) is 16.9. The standard InChI is InChI=1S/C36H49N3O7/c1-5-15-24(2)38-21-12-7-11-18-28(41)37(4)25(3)31(26-16-9-6-10-17-26)45-35(44)29-27-19-20-36(46-27)30(29)33(42)39(32(36)34(38)43)22-13-8-14-23-40/h6-7,9-10,12,16-17,19-20,24-25,27,29-32,40H,5,8,11,13-15,18,21-23H2,1-4H3/b12-7-/t24?,25-,27+,29-,30-,31+,32+,36-/m0/s1. The summed E-state index contributed by atoms with van der Waals surface area (Å²) in [6, 6.07) is 7.82. The van der Waals surface area contributed by atoms with Crippen LogP contribution >= 0.6 is 0 Å². The number of benzene rings is 1. The van der Waals surface area contributed by atoms with Gasteiger partial charge in [-0.1, -0.05) is 68.0 Å². The van der Waals surface area contributed by atoms with Crippen molar-refractivity contribution in [2.75, 3.05) is 26.7 Å². The second kappa shape index (κ2) is 14.5. The first kappa shape index (κ1) is 33.9. The molecule has 0 aromatic heterocycles. The Morgan fingerprint density at radius 3 is 2.52 bits per heavy atom. The number of fused-ring (bicyclic) bond motifs is 2. The fourth-order valence-electron chi connectivity index (χ4n) is 7.66. The van der Waals surface area contributed by atoms with E-state index in [1.165, 1.54) is 0 Å². The van der Waals surface area contributed by atoms with Gasteiger partial charge in [-0.05, 0) is 51.5 Å². The van der Waals surface area contributed by atoms with Gasteiger partial charge in [0.15, 0.2) is 0 Å². The largest absolute Gasteiger partial charge is 0.455 e. The van der Waals surface area contributed by atoms with Crippen LogP contribution in [0.3, 0.4) is 0 Å². The molecule has 1 spiro atoms. The number of carbonyl (C=O) groups is 4. The normalized spacial score (nSPS) is 33.0. The smallest absolute Gasteiger partial charge is 0.313 e. The molecular formula is C36H49N3O7. The highest BCUT2D eigenvalue weighted by Gasteiger charge is 2.73. The molecular weight excluding hydrogens is 586 g/mol. The molecule has 4 aliphatic heterocycles. The minimum Gasteiger partial charge on any atom is -0.455 e. The molecule has 8 atom stereocenters. The molecule has 2 fully saturated rings. The average Bonchev–Trinajstić information content (AvgIpc) is 3.69. The predicted molar refractivity (Wildman–Crippen MR) is 172 cm³/mol. The van der Waals surface area contributed by atoms with Crippen molar-refractivity contribution in [1.29, 1.82) is 0 Å². The summed E-state index contributed by atoms with van der Waals surface area (Å²) in [7, 11) is 1.72. The number of unbranched alkanes of at least 4 members (excludes halogenated alkanes) is 2. The summed E-state index contributed by atoms with van der Waals surface area (Å²) in [5, 5.41) is 9.35. The summed E-state index contributed by atoms with van der Waals surface area (Å²) in [5.74, 6) is -3.01. The van der Waals surface area contributed by atoms with E-state index in [0.717, 1.165) is 18.4 Å². The van der Waals surface area contributed by atoms with E-state index >= 15 is 0 Å². The highest BCUT2D eigenvalue weighted by atomic mass is 16.6. The van der Waals surface area contributed by atoms with Crippen LogP contribution in [0.1, 0.15) is 77.4 Å². The quantitative estimate of drug-likeness (QED) is 0.249. The predicted octanol–water partition coefficient (Wildman–Crippen LogP) is 3.80. The summed E-state index contributed by atoms with van der Waals surface area (Å²) in [6.45, 7) is 6.66. The van der Waals surface area contributed by atoms with E-state index in [-0.39, 0.29) is 36.8 Å². The van der Waals surface area contributed by atoms with Gasteiger partial charge in [-0.3, -0.25) is 19.2 Å². The molecule has 10 heteroatoms. The van der Waals surface area contributed by atoms with Crippen molar-refractivity contribution < 1.29 is 33.8 Å². The van der Waals surface area contributed by atoms with Gasteiger partial charge in [0.1, 0.15) is 23.7 Å². The lowest BCUT2D eigenvalue weighted by atomic mass is 9.74. The maximum absolute atomic E-state index is 14.7. The lowest BCUT2D eigenvalue weighted by molar-refractivity contribution is -0.164. The van der Waals surface area contributed by atoms with Gasteiger partial charge < -0.3 is 29.3 Å². The lowest BCUT2D eigenvalue weighted by Gasteiger charge is -2.38. The van der Waals surface area contributed by atoms with Crippen molar-refractivity contribution in [3.63, 3.8) is 0 Å². The number of carbonyl (C=O) groups excluding carboxylic acids is 4. The molecule has 0 radical (unpaired) electrons. The molecule has 4 heterocycles. The van der Waals surface area contributed by atoms with Gasteiger partial charge in [0.05, 0.1) is 18.1 Å². The zero-order valence-corrected chi connectivity index (χ0v) is 27.5. The van der Waals surface area contributed by atoms with Gasteiger partial charge in [-0.2, -0.15) is 0 Å². The third-order valence-corrected chi connectivity index (χ3v) is 10.3. The molecule has 250 valence electrons. The summed E-state index contributed by atoms with van der Waals surface area (Å²) in [6.07, 6.45) is 10.4. The number of nitrogens with zero attached hydrogens (tertiary/aromatic N) is 3. The monoisotopic (exact) mass is 635 g/mol. The molecule has 1 N–H and O–H groups in total. The summed E-state index contributed by atoms with van der Waals surface area (Å²) in [4.78, 5) is 61.7. The summed E-state index contributed by atoms with van der Waals surface area (Å²) < 4.78 is 12.9. The van der Waals surface area contributed by atoms with Crippen LogP contribution in [0.4, 0.5) is 0 Å². The number of ether oxygens (including phenoxy) is 2. The topological polar surface area (TPSA) is 117 Å². The van der Waals surface area contributed by atoms with Gasteiger partial charge in [-0.25, -0.2) is 0 Å². The van der Waals surface area contributed by atoms with Crippen molar-refractivity contribution in [3.8, 4) is 0 Å². The molecule has 0 saturated carbocycles. The maximum Gasteiger partial charge on any atom is 0.313 e. The number of hydrogen-bond donors (Lipinski definition) is 1. The Morgan fingerprint density at radius 2 is 1.80 bits per heavy atom. The van der Waals surface area contributed by atoms with Crippen molar-refractivity contribution in [2.45, 2.75) is 102 Å². The molecule has 10 nitrogen and oxygen atoms in total. The number of rotatable bonds is 9. The van der Waals surface area contributed by atoms with Crippen molar-refractivity contribution in [1.82, 2.24) is 14.7 Å². The molecule has 5 bridgehead atoms. The zero-order chi connectivity index (χ0) is 33.0. The van der Waals surface area contributed by atoms with Crippen LogP contribution in [-0.2, 0) is 28.7 Å². The van der Waals surface area contributed by atoms with Crippen LogP contribution in [0.2, 0.25) is 0 Å². The number of esters is 1. The van der Waals surface area contributed by atoms with E-state index in [1.807, 2.05) is 67.3 Å². The number of cyclic esters (lactones) is 1. The van der Waals surface area contributed by atoms with Crippen LogP contribution in [0.15, 0.2) is 54.6 Å². The number of allylic oxidation sites excluding steroid dienone is 1. The van der Waals surface area contributed by atoms with Gasteiger partial charge in [-0.15, -0.1) is 0 Å². The molecule has 4 aliphatic rings. The Bertz CT molecular complexity index is 1330. The number of aliphatic hydroxyl groups is 1. The van der Waals surface area contributed by atoms with Gasteiger partial charge >= 0.3 is 5.97 Å². The number of aliphatic hydroxyl groups excluding tert-OH is 1. The highest BCUT2D eigenvalue weighted by molar-refractivity contribution is 5.99. The first-order chi connectivity index (χ1) is 22.2. The van der Waals surface area contributed by atoms with E-state index in [2.05, 4.69) is 6.92 Å². The van der Waals surface area contributed by atoms with Gasteiger partial charge in [0.25, 0.3) is 0 Å². The van der Waals surface area contributed by atoms with Crippen molar-refractivity contribution in [3.05, 3.63) is 60.2 Å². The molecule has 5 rings (SSSR count). The van der Waals surface area contributed by atoms with Crippen LogP contribution in [0.5, 0.6) is 0 Å². The zero-order valence-electron chi connectivity index (χ0n) is 27.5. The highest BCUT2D eigenvalue weighted by Crippen LogP contribution is 2.56. The van der Waals surface area contributed by atoms with Gasteiger partial charge in [0, 0.05) is 39.2 Å². The molecule has 1 aromatic rings. The lowest BCUT2D eigenvalue weighted by Crippen LogP contribution is -2.57. The SMILES string of the molecule is CCCC(C)N1C/C=C\CCC(=O)N(C)[C@@H](C)[C@H](c2ccccc2)OC(=O)[C@@H]2[C@H]3C(=O)N(CCCCCO)[C@H](C1=O)[C@]31C=C[C@H]2O1. The van der Waals surface area contributed by atoms with Crippen LogP contribution in [0, 0.1) is 11.8 Å². The first-order valence-corrected chi connectivity index (χ1v) is 16.9. The van der Waals surface area contributed by atoms with Crippen molar-refractivity contribution >= 4 is 23.7 Å². The van der Waals surface area contributed by atoms with E-state index in [9.17, 15) is 24.3 Å². The summed E-state index contributed by atoms with van der Waals surface area (Å²) >= 11 is 0. The van der Waals surface area contributed by atoms with Crippen LogP contribution in [-0.4, -0.2) is 100 Å². The minimum absolute atomic E-state index is 0.0563. The molecule has 1 unspecified atom stereocenters. The number of amides is 3. The fraction of sp³-hybridized carbons (Fsp3) is 0.611. The summed E-state index contributed by atoms with van der Waals surface area (Å²) in [5.41, 5.74) is -0.547. The third-order valence-electron chi connectivity index (χ3n) is 10.3. The second-order valence-corrected chi connectivity index (χ2v) is 13.2. The van der Waals surface area contributed by atoms with E-state index in [0.29, 0.717) is 38.8 Å². The number of hydrogen-bond acceptors (Lipinski definition) is 7. The molecule has 46 heavy (non-hydrogen) atoms.